The number of hydrogen-bond donors (Lipinski definition) is 2. The Labute approximate surface area is 174 Å². The van der Waals surface area contributed by atoms with E-state index in [2.05, 4.69) is 25.7 Å². The molecule has 0 atom stereocenters. The SMILES string of the molecule is O=C(CNC(=O)c1cc(-c2ccccc2)on1)Nc1ccc(N2CCCCC2)cn1. The molecule has 4 rings (SSSR count). The molecule has 0 bridgehead atoms. The van der Waals surface area contributed by atoms with Crippen molar-refractivity contribution in [1.29, 1.82) is 0 Å². The Balaban J connectivity index is 1.27. The van der Waals surface area contributed by atoms with Crippen LogP contribution in [-0.4, -0.2) is 41.6 Å². The van der Waals surface area contributed by atoms with E-state index in [1.807, 2.05) is 36.4 Å². The van der Waals surface area contributed by atoms with Gasteiger partial charge in [0.1, 0.15) is 5.82 Å². The first-order valence-electron chi connectivity index (χ1n) is 10.0. The van der Waals surface area contributed by atoms with Crippen LogP contribution in [0.4, 0.5) is 11.5 Å². The van der Waals surface area contributed by atoms with E-state index in [1.54, 1.807) is 18.3 Å². The van der Waals surface area contributed by atoms with Crippen LogP contribution in [0, 0.1) is 0 Å². The number of amides is 2. The van der Waals surface area contributed by atoms with E-state index in [0.717, 1.165) is 24.3 Å². The van der Waals surface area contributed by atoms with Crippen molar-refractivity contribution in [2.45, 2.75) is 19.3 Å². The number of anilines is 2. The molecule has 3 heterocycles. The summed E-state index contributed by atoms with van der Waals surface area (Å²) in [5.74, 6) is 0.0869. The van der Waals surface area contributed by atoms with Gasteiger partial charge in [0.2, 0.25) is 5.91 Å². The highest BCUT2D eigenvalue weighted by atomic mass is 16.5. The lowest BCUT2D eigenvalue weighted by Crippen LogP contribution is -2.33. The van der Waals surface area contributed by atoms with E-state index >= 15 is 0 Å². The number of pyridine rings is 1. The molecular formula is C22H23N5O3. The van der Waals surface area contributed by atoms with E-state index in [0.29, 0.717) is 11.6 Å². The van der Waals surface area contributed by atoms with Crippen molar-refractivity contribution in [2.24, 2.45) is 0 Å². The predicted molar refractivity (Wildman–Crippen MR) is 113 cm³/mol. The molecule has 0 saturated carbocycles. The topological polar surface area (TPSA) is 100 Å². The van der Waals surface area contributed by atoms with E-state index in [1.165, 1.54) is 19.3 Å². The van der Waals surface area contributed by atoms with E-state index in [-0.39, 0.29) is 18.1 Å². The third-order valence-corrected chi connectivity index (χ3v) is 4.95. The highest BCUT2D eigenvalue weighted by molar-refractivity contribution is 5.98. The number of aromatic nitrogens is 2. The fraction of sp³-hybridized carbons (Fsp3) is 0.273. The maximum Gasteiger partial charge on any atom is 0.273 e. The lowest BCUT2D eigenvalue weighted by Gasteiger charge is -2.28. The smallest absolute Gasteiger partial charge is 0.273 e. The van der Waals surface area contributed by atoms with Crippen molar-refractivity contribution in [2.75, 3.05) is 29.9 Å². The zero-order valence-electron chi connectivity index (χ0n) is 16.5. The second-order valence-corrected chi connectivity index (χ2v) is 7.12. The average Bonchev–Trinajstić information content (AvgIpc) is 3.30. The molecule has 2 amide bonds. The minimum Gasteiger partial charge on any atom is -0.370 e. The van der Waals surface area contributed by atoms with E-state index < -0.39 is 5.91 Å². The molecule has 1 aliphatic rings. The summed E-state index contributed by atoms with van der Waals surface area (Å²) in [7, 11) is 0. The Morgan fingerprint density at radius 2 is 1.83 bits per heavy atom. The normalized spacial score (nSPS) is 13.7. The molecule has 8 heteroatoms. The van der Waals surface area contributed by atoms with Crippen molar-refractivity contribution in [1.82, 2.24) is 15.5 Å². The standard InChI is InChI=1S/C22H23N5O3/c28-21(25-20-10-9-17(14-23-20)27-11-5-2-6-12-27)15-24-22(29)18-13-19(30-26-18)16-7-3-1-4-8-16/h1,3-4,7-10,13-14H,2,5-6,11-12,15H2,(H,24,29)(H,23,25,28). The molecule has 0 spiro atoms. The van der Waals surface area contributed by atoms with Gasteiger partial charge in [0, 0.05) is 24.7 Å². The van der Waals surface area contributed by atoms with Crippen LogP contribution in [-0.2, 0) is 4.79 Å². The lowest BCUT2D eigenvalue weighted by atomic mass is 10.1. The van der Waals surface area contributed by atoms with Crippen molar-refractivity contribution >= 4 is 23.3 Å². The Morgan fingerprint density at radius 3 is 2.57 bits per heavy atom. The largest absolute Gasteiger partial charge is 0.370 e. The Kier molecular flexibility index (Phi) is 6.03. The molecule has 1 aliphatic heterocycles. The van der Waals surface area contributed by atoms with Crippen LogP contribution in [0.5, 0.6) is 0 Å². The Morgan fingerprint density at radius 1 is 1.03 bits per heavy atom. The minimum absolute atomic E-state index is 0.116. The highest BCUT2D eigenvalue weighted by Crippen LogP contribution is 2.20. The van der Waals surface area contributed by atoms with Crippen LogP contribution < -0.4 is 15.5 Å². The first-order chi connectivity index (χ1) is 14.7. The van der Waals surface area contributed by atoms with Gasteiger partial charge in [-0.15, -0.1) is 0 Å². The summed E-state index contributed by atoms with van der Waals surface area (Å²) >= 11 is 0. The monoisotopic (exact) mass is 405 g/mol. The number of hydrogen-bond acceptors (Lipinski definition) is 6. The van der Waals surface area contributed by atoms with Crippen LogP contribution in [0.1, 0.15) is 29.8 Å². The van der Waals surface area contributed by atoms with Crippen molar-refractivity contribution in [3.05, 3.63) is 60.4 Å². The number of nitrogens with one attached hydrogen (secondary N) is 2. The van der Waals surface area contributed by atoms with Gasteiger partial charge in [0.05, 0.1) is 18.4 Å². The summed E-state index contributed by atoms with van der Waals surface area (Å²) in [6.45, 7) is 1.88. The van der Waals surface area contributed by atoms with Crippen LogP contribution in [0.3, 0.4) is 0 Å². The van der Waals surface area contributed by atoms with Gasteiger partial charge in [-0.3, -0.25) is 9.59 Å². The number of benzene rings is 1. The van der Waals surface area contributed by atoms with Gasteiger partial charge < -0.3 is 20.1 Å². The fourth-order valence-corrected chi connectivity index (χ4v) is 3.36. The van der Waals surface area contributed by atoms with Gasteiger partial charge in [-0.05, 0) is 31.4 Å². The summed E-state index contributed by atoms with van der Waals surface area (Å²) in [5.41, 5.74) is 1.99. The number of piperidine rings is 1. The molecule has 3 aromatic rings. The molecule has 2 aromatic heterocycles. The summed E-state index contributed by atoms with van der Waals surface area (Å²) < 4.78 is 5.21. The third-order valence-electron chi connectivity index (χ3n) is 4.95. The van der Waals surface area contributed by atoms with Crippen molar-refractivity contribution in [3.8, 4) is 11.3 Å². The summed E-state index contributed by atoms with van der Waals surface area (Å²) in [5, 5.41) is 8.99. The quantitative estimate of drug-likeness (QED) is 0.654. The maximum atomic E-state index is 12.2. The zero-order valence-corrected chi connectivity index (χ0v) is 16.5. The summed E-state index contributed by atoms with van der Waals surface area (Å²) in [6, 6.07) is 14.6. The molecule has 0 unspecified atom stereocenters. The van der Waals surface area contributed by atoms with Gasteiger partial charge in [-0.1, -0.05) is 35.5 Å². The van der Waals surface area contributed by atoms with Gasteiger partial charge in [0.25, 0.3) is 5.91 Å². The summed E-state index contributed by atoms with van der Waals surface area (Å²) in [4.78, 5) is 31.0. The first-order valence-corrected chi connectivity index (χ1v) is 10.0. The van der Waals surface area contributed by atoms with Crippen LogP contribution >= 0.6 is 0 Å². The molecule has 0 aliphatic carbocycles. The van der Waals surface area contributed by atoms with Gasteiger partial charge in [-0.25, -0.2) is 4.98 Å². The van der Waals surface area contributed by atoms with Gasteiger partial charge in [0.15, 0.2) is 11.5 Å². The Hall–Kier alpha value is -3.68. The zero-order chi connectivity index (χ0) is 20.8. The molecule has 1 saturated heterocycles. The number of nitrogens with zero attached hydrogens (tertiary/aromatic N) is 3. The van der Waals surface area contributed by atoms with Crippen LogP contribution in [0.15, 0.2) is 59.3 Å². The fourth-order valence-electron chi connectivity index (χ4n) is 3.36. The van der Waals surface area contributed by atoms with Crippen LogP contribution in [0.2, 0.25) is 0 Å². The number of rotatable bonds is 6. The molecule has 8 nitrogen and oxygen atoms in total. The summed E-state index contributed by atoms with van der Waals surface area (Å²) in [6.07, 6.45) is 5.42. The van der Waals surface area contributed by atoms with Crippen molar-refractivity contribution in [3.63, 3.8) is 0 Å². The van der Waals surface area contributed by atoms with Gasteiger partial charge >= 0.3 is 0 Å². The molecule has 154 valence electrons. The molecule has 0 radical (unpaired) electrons. The minimum atomic E-state index is -0.482. The molecule has 1 aromatic carbocycles. The number of carbonyl (C=O) groups excluding carboxylic acids is 2. The molecule has 1 fully saturated rings. The average molecular weight is 405 g/mol. The molecular weight excluding hydrogens is 382 g/mol. The van der Waals surface area contributed by atoms with Gasteiger partial charge in [-0.2, -0.15) is 0 Å². The Bertz CT molecular complexity index is 995. The maximum absolute atomic E-state index is 12.2. The highest BCUT2D eigenvalue weighted by Gasteiger charge is 2.15. The molecule has 30 heavy (non-hydrogen) atoms. The molecule has 2 N–H and O–H groups in total. The predicted octanol–water partition coefficient (Wildman–Crippen LogP) is 3.10. The van der Waals surface area contributed by atoms with E-state index in [9.17, 15) is 9.59 Å². The third kappa shape index (κ3) is 4.83. The number of carbonyl (C=O) groups is 2. The van der Waals surface area contributed by atoms with E-state index in [4.69, 9.17) is 4.52 Å². The second-order valence-electron chi connectivity index (χ2n) is 7.12. The lowest BCUT2D eigenvalue weighted by molar-refractivity contribution is -0.115. The first kappa shape index (κ1) is 19.6. The van der Waals surface area contributed by atoms with Crippen molar-refractivity contribution < 1.29 is 14.1 Å². The second kappa shape index (κ2) is 9.21. The van der Waals surface area contributed by atoms with Crippen LogP contribution in [0.25, 0.3) is 11.3 Å².